The van der Waals surface area contributed by atoms with Crippen molar-refractivity contribution in [1.82, 2.24) is 0 Å². The van der Waals surface area contributed by atoms with Gasteiger partial charge in [-0.1, -0.05) is 26.2 Å². The van der Waals surface area contributed by atoms with Gasteiger partial charge in [0.1, 0.15) is 0 Å². The summed E-state index contributed by atoms with van der Waals surface area (Å²) in [5.41, 5.74) is 0. The van der Waals surface area contributed by atoms with Gasteiger partial charge in [0.25, 0.3) is 0 Å². The van der Waals surface area contributed by atoms with Crippen LogP contribution in [0.3, 0.4) is 0 Å². The average molecular weight is 193 g/mol. The second-order valence-electron chi connectivity index (χ2n) is 3.31. The van der Waals surface area contributed by atoms with Crippen LogP contribution in [-0.4, -0.2) is 16.9 Å². The normalized spacial score (nSPS) is 31.1. The molecule has 0 amide bonds. The minimum atomic E-state index is 0.469. The lowest BCUT2D eigenvalue weighted by Gasteiger charge is -2.11. The van der Waals surface area contributed by atoms with Crippen LogP contribution in [0.15, 0.2) is 0 Å². The first-order chi connectivity index (χ1) is 5.34. The van der Waals surface area contributed by atoms with E-state index in [2.05, 4.69) is 6.92 Å². The first kappa shape index (κ1) is 9.73. The van der Waals surface area contributed by atoms with Crippen molar-refractivity contribution in [3.05, 3.63) is 0 Å². The first-order valence-electron chi connectivity index (χ1n) is 4.56. The highest BCUT2D eigenvalue weighted by Crippen LogP contribution is 2.31. The van der Waals surface area contributed by atoms with Gasteiger partial charge in [-0.25, -0.2) is 0 Å². The maximum atomic E-state index is 6.14. The summed E-state index contributed by atoms with van der Waals surface area (Å²) in [6, 6.07) is 0. The summed E-state index contributed by atoms with van der Waals surface area (Å²) in [4.78, 5) is 0. The van der Waals surface area contributed by atoms with E-state index in [1.165, 1.54) is 37.2 Å². The molecule has 0 aromatic rings. The third-order valence-corrected chi connectivity index (χ3v) is 4.25. The number of thioether (sulfide) groups is 1. The Bertz CT molecular complexity index is 106. The molecule has 2 unspecified atom stereocenters. The van der Waals surface area contributed by atoms with Gasteiger partial charge in [-0.15, -0.1) is 11.6 Å². The molecule has 0 aromatic carbocycles. The van der Waals surface area contributed by atoms with Crippen molar-refractivity contribution >= 4 is 23.4 Å². The van der Waals surface area contributed by atoms with E-state index in [0.717, 1.165) is 5.92 Å². The lowest BCUT2D eigenvalue weighted by atomic mass is 10.0. The zero-order valence-electron chi connectivity index (χ0n) is 7.18. The quantitative estimate of drug-likeness (QED) is 0.485. The van der Waals surface area contributed by atoms with Crippen LogP contribution < -0.4 is 0 Å². The number of halogens is 1. The molecule has 0 aromatic heterocycles. The van der Waals surface area contributed by atoms with Crippen LogP contribution in [0.1, 0.15) is 32.6 Å². The minimum absolute atomic E-state index is 0.469. The number of unbranched alkanes of at least 4 members (excludes halogenated alkanes) is 2. The van der Waals surface area contributed by atoms with Crippen LogP contribution in [0.5, 0.6) is 0 Å². The standard InChI is InChI=1S/C9H17ClS/c1-2-3-4-5-8-6-11-7-9(8)10/h8-9H,2-7H2,1H3. The molecule has 0 saturated carbocycles. The molecule has 1 aliphatic heterocycles. The number of rotatable bonds is 4. The third-order valence-electron chi connectivity index (χ3n) is 2.30. The fourth-order valence-corrected chi connectivity index (χ4v) is 3.42. The molecule has 1 rings (SSSR count). The minimum Gasteiger partial charge on any atom is -0.160 e. The monoisotopic (exact) mass is 192 g/mol. The third kappa shape index (κ3) is 3.25. The van der Waals surface area contributed by atoms with Gasteiger partial charge in [0.2, 0.25) is 0 Å². The van der Waals surface area contributed by atoms with Crippen molar-refractivity contribution in [1.29, 1.82) is 0 Å². The van der Waals surface area contributed by atoms with Crippen molar-refractivity contribution in [3.8, 4) is 0 Å². The van der Waals surface area contributed by atoms with Crippen molar-refractivity contribution in [3.63, 3.8) is 0 Å². The van der Waals surface area contributed by atoms with E-state index in [0.29, 0.717) is 5.38 Å². The van der Waals surface area contributed by atoms with Crippen molar-refractivity contribution in [2.75, 3.05) is 11.5 Å². The van der Waals surface area contributed by atoms with E-state index >= 15 is 0 Å². The Labute approximate surface area is 79.1 Å². The summed E-state index contributed by atoms with van der Waals surface area (Å²) < 4.78 is 0. The van der Waals surface area contributed by atoms with Gasteiger partial charge in [0, 0.05) is 11.1 Å². The van der Waals surface area contributed by atoms with Crippen LogP contribution in [0.4, 0.5) is 0 Å². The summed E-state index contributed by atoms with van der Waals surface area (Å²) in [7, 11) is 0. The number of alkyl halides is 1. The summed E-state index contributed by atoms with van der Waals surface area (Å²) >= 11 is 8.15. The molecule has 0 spiro atoms. The predicted octanol–water partition coefficient (Wildman–Crippen LogP) is 3.54. The smallest absolute Gasteiger partial charge is 0.0462 e. The van der Waals surface area contributed by atoms with Crippen molar-refractivity contribution in [2.24, 2.45) is 5.92 Å². The van der Waals surface area contributed by atoms with Gasteiger partial charge in [-0.05, 0) is 18.1 Å². The molecule has 11 heavy (non-hydrogen) atoms. The van der Waals surface area contributed by atoms with Gasteiger partial charge < -0.3 is 0 Å². The Balaban J connectivity index is 2.05. The molecule has 0 radical (unpaired) electrons. The molecule has 1 aliphatic rings. The summed E-state index contributed by atoms with van der Waals surface area (Å²) in [6.45, 7) is 2.25. The fourth-order valence-electron chi connectivity index (χ4n) is 1.49. The molecule has 2 heteroatoms. The molecule has 66 valence electrons. The van der Waals surface area contributed by atoms with Gasteiger partial charge in [0.15, 0.2) is 0 Å². The lowest BCUT2D eigenvalue weighted by molar-refractivity contribution is 0.511. The molecule has 0 N–H and O–H groups in total. The molecule has 2 atom stereocenters. The molecular weight excluding hydrogens is 176 g/mol. The molecule has 1 saturated heterocycles. The Morgan fingerprint density at radius 3 is 2.73 bits per heavy atom. The van der Waals surface area contributed by atoms with E-state index < -0.39 is 0 Å². The number of hydrogen-bond donors (Lipinski definition) is 0. The Morgan fingerprint density at radius 2 is 2.18 bits per heavy atom. The maximum Gasteiger partial charge on any atom is 0.0462 e. The zero-order valence-corrected chi connectivity index (χ0v) is 8.76. The van der Waals surface area contributed by atoms with Gasteiger partial charge >= 0.3 is 0 Å². The van der Waals surface area contributed by atoms with Crippen LogP contribution in [0.2, 0.25) is 0 Å². The van der Waals surface area contributed by atoms with E-state index in [9.17, 15) is 0 Å². The molecule has 0 nitrogen and oxygen atoms in total. The Kier molecular flexibility index (Phi) is 4.70. The van der Waals surface area contributed by atoms with Crippen LogP contribution in [0, 0.1) is 5.92 Å². The van der Waals surface area contributed by atoms with Crippen LogP contribution >= 0.6 is 23.4 Å². The van der Waals surface area contributed by atoms with Gasteiger partial charge in [0.05, 0.1) is 0 Å². The van der Waals surface area contributed by atoms with Gasteiger partial charge in [-0.3, -0.25) is 0 Å². The molecule has 1 fully saturated rings. The number of hydrogen-bond acceptors (Lipinski definition) is 1. The van der Waals surface area contributed by atoms with Gasteiger partial charge in [-0.2, -0.15) is 11.8 Å². The SMILES string of the molecule is CCCCCC1CSCC1Cl. The van der Waals surface area contributed by atoms with E-state index in [-0.39, 0.29) is 0 Å². The lowest BCUT2D eigenvalue weighted by Crippen LogP contribution is -2.11. The topological polar surface area (TPSA) is 0 Å². The van der Waals surface area contributed by atoms with E-state index in [1.807, 2.05) is 11.8 Å². The summed E-state index contributed by atoms with van der Waals surface area (Å²) in [5.74, 6) is 3.30. The van der Waals surface area contributed by atoms with E-state index in [4.69, 9.17) is 11.6 Å². The van der Waals surface area contributed by atoms with Crippen molar-refractivity contribution in [2.45, 2.75) is 38.0 Å². The second kappa shape index (κ2) is 5.31. The van der Waals surface area contributed by atoms with Crippen molar-refractivity contribution < 1.29 is 0 Å². The molecule has 0 aliphatic carbocycles. The zero-order chi connectivity index (χ0) is 8.10. The summed E-state index contributed by atoms with van der Waals surface area (Å²) in [6.07, 6.45) is 5.44. The molecular formula is C9H17ClS. The maximum absolute atomic E-state index is 6.14. The highest BCUT2D eigenvalue weighted by atomic mass is 35.5. The van der Waals surface area contributed by atoms with Crippen LogP contribution in [0.25, 0.3) is 0 Å². The predicted molar refractivity (Wildman–Crippen MR) is 54.6 cm³/mol. The molecule has 1 heterocycles. The van der Waals surface area contributed by atoms with Crippen LogP contribution in [-0.2, 0) is 0 Å². The first-order valence-corrected chi connectivity index (χ1v) is 6.15. The summed E-state index contributed by atoms with van der Waals surface area (Å²) in [5, 5.41) is 0.469. The fraction of sp³-hybridized carbons (Fsp3) is 1.00. The molecule has 0 bridgehead atoms. The Morgan fingerprint density at radius 1 is 1.36 bits per heavy atom. The second-order valence-corrected chi connectivity index (χ2v) is 4.94. The highest BCUT2D eigenvalue weighted by molar-refractivity contribution is 7.99. The average Bonchev–Trinajstić information content (AvgIpc) is 2.37. The van der Waals surface area contributed by atoms with E-state index in [1.54, 1.807) is 0 Å². The highest BCUT2D eigenvalue weighted by Gasteiger charge is 2.24. The Hall–Kier alpha value is 0.640. The largest absolute Gasteiger partial charge is 0.160 e.